The lowest BCUT2D eigenvalue weighted by Gasteiger charge is -2.15. The molecule has 1 rings (SSSR count). The summed E-state index contributed by atoms with van der Waals surface area (Å²) in [5, 5.41) is 11.7. The third-order valence-corrected chi connectivity index (χ3v) is 2.40. The fourth-order valence-corrected chi connectivity index (χ4v) is 1.28. The highest BCUT2D eigenvalue weighted by Gasteiger charge is 2.16. The van der Waals surface area contributed by atoms with E-state index in [1.54, 1.807) is 24.3 Å². The fraction of sp³-hybridized carbons (Fsp3) is 0.417. The van der Waals surface area contributed by atoms with Gasteiger partial charge in [0.25, 0.3) is 0 Å². The molecule has 0 spiro atoms. The largest absolute Gasteiger partial charge is 0.392 e. The summed E-state index contributed by atoms with van der Waals surface area (Å²) >= 11 is 0. The third kappa shape index (κ3) is 3.32. The molecule has 0 bridgehead atoms. The van der Waals surface area contributed by atoms with Crippen LogP contribution in [0.3, 0.4) is 0 Å². The minimum atomic E-state index is -0.516. The summed E-state index contributed by atoms with van der Waals surface area (Å²) in [6, 6.07) is 6.55. The molecule has 0 heterocycles. The van der Waals surface area contributed by atoms with Crippen LogP contribution in [-0.2, 0) is 11.4 Å². The minimum Gasteiger partial charge on any atom is -0.392 e. The number of anilines is 1. The summed E-state index contributed by atoms with van der Waals surface area (Å²) in [5.74, 6) is -0.105. The molecule has 0 unspecified atom stereocenters. The van der Waals surface area contributed by atoms with E-state index in [0.29, 0.717) is 5.69 Å². The first-order valence-electron chi connectivity index (χ1n) is 5.31. The smallest absolute Gasteiger partial charge is 0.241 e. The van der Waals surface area contributed by atoms with E-state index >= 15 is 0 Å². The zero-order valence-electron chi connectivity index (χ0n) is 9.60. The number of carbonyl (C=O) groups is 1. The van der Waals surface area contributed by atoms with Crippen LogP contribution in [0.4, 0.5) is 5.69 Å². The van der Waals surface area contributed by atoms with Gasteiger partial charge in [-0.3, -0.25) is 4.79 Å². The Balaban J connectivity index is 2.69. The van der Waals surface area contributed by atoms with E-state index in [1.165, 1.54) is 0 Å². The number of aliphatic hydroxyl groups is 1. The molecular weight excluding hydrogens is 204 g/mol. The Morgan fingerprint density at radius 1 is 1.50 bits per heavy atom. The lowest BCUT2D eigenvalue weighted by atomic mass is 10.0. The van der Waals surface area contributed by atoms with E-state index in [4.69, 9.17) is 10.8 Å². The second-order valence-electron chi connectivity index (χ2n) is 4.12. The first-order chi connectivity index (χ1) is 7.54. The fourth-order valence-electron chi connectivity index (χ4n) is 1.28. The Bertz CT molecular complexity index is 364. The molecule has 16 heavy (non-hydrogen) atoms. The predicted molar refractivity (Wildman–Crippen MR) is 63.8 cm³/mol. The summed E-state index contributed by atoms with van der Waals surface area (Å²) in [4.78, 5) is 11.7. The van der Waals surface area contributed by atoms with Gasteiger partial charge in [0.1, 0.15) is 0 Å². The van der Waals surface area contributed by atoms with Crippen molar-refractivity contribution in [2.24, 2.45) is 11.7 Å². The van der Waals surface area contributed by atoms with Gasteiger partial charge in [-0.2, -0.15) is 0 Å². The maximum absolute atomic E-state index is 11.7. The van der Waals surface area contributed by atoms with E-state index in [0.717, 1.165) is 5.56 Å². The van der Waals surface area contributed by atoms with Crippen LogP contribution in [0, 0.1) is 5.92 Å². The minimum absolute atomic E-state index is 0.0417. The topological polar surface area (TPSA) is 75.4 Å². The SMILES string of the molecule is CC(C)[C@@H](N)C(=O)Nc1cccc(CO)c1. The zero-order valence-corrected chi connectivity index (χ0v) is 9.60. The van der Waals surface area contributed by atoms with Gasteiger partial charge in [0.15, 0.2) is 0 Å². The van der Waals surface area contributed by atoms with Gasteiger partial charge in [-0.25, -0.2) is 0 Å². The van der Waals surface area contributed by atoms with Crippen LogP contribution < -0.4 is 11.1 Å². The van der Waals surface area contributed by atoms with Crippen LogP contribution in [-0.4, -0.2) is 17.1 Å². The summed E-state index contributed by atoms with van der Waals surface area (Å²) in [6.07, 6.45) is 0. The summed E-state index contributed by atoms with van der Waals surface area (Å²) in [7, 11) is 0. The van der Waals surface area contributed by atoms with E-state index in [9.17, 15) is 4.79 Å². The van der Waals surface area contributed by atoms with Crippen molar-refractivity contribution in [1.82, 2.24) is 0 Å². The Labute approximate surface area is 95.5 Å². The first-order valence-corrected chi connectivity index (χ1v) is 5.31. The van der Waals surface area contributed by atoms with Crippen LogP contribution in [0.25, 0.3) is 0 Å². The van der Waals surface area contributed by atoms with Gasteiger partial charge < -0.3 is 16.2 Å². The first kappa shape index (κ1) is 12.7. The van der Waals surface area contributed by atoms with Crippen LogP contribution in [0.2, 0.25) is 0 Å². The Kier molecular flexibility index (Phi) is 4.46. The molecule has 0 aliphatic heterocycles. The van der Waals surface area contributed by atoms with Gasteiger partial charge in [-0.05, 0) is 23.6 Å². The second-order valence-corrected chi connectivity index (χ2v) is 4.12. The van der Waals surface area contributed by atoms with Crippen molar-refractivity contribution >= 4 is 11.6 Å². The molecule has 1 atom stereocenters. The Morgan fingerprint density at radius 3 is 2.75 bits per heavy atom. The number of carbonyl (C=O) groups excluding carboxylic acids is 1. The molecule has 0 aliphatic rings. The maximum atomic E-state index is 11.7. The molecule has 0 aromatic heterocycles. The number of nitrogens with two attached hydrogens (primary N) is 1. The average molecular weight is 222 g/mol. The van der Waals surface area contributed by atoms with Crippen molar-refractivity contribution < 1.29 is 9.90 Å². The van der Waals surface area contributed by atoms with Crippen molar-refractivity contribution in [3.63, 3.8) is 0 Å². The molecule has 0 fully saturated rings. The normalized spacial score (nSPS) is 12.6. The number of rotatable bonds is 4. The standard InChI is InChI=1S/C12H18N2O2/c1-8(2)11(13)12(16)14-10-5-3-4-9(6-10)7-15/h3-6,8,11,15H,7,13H2,1-2H3,(H,14,16)/t11-/m1/s1. The number of hydrogen-bond donors (Lipinski definition) is 3. The maximum Gasteiger partial charge on any atom is 0.241 e. The summed E-state index contributed by atoms with van der Waals surface area (Å²) < 4.78 is 0. The molecule has 4 nitrogen and oxygen atoms in total. The van der Waals surface area contributed by atoms with Crippen LogP contribution >= 0.6 is 0 Å². The monoisotopic (exact) mass is 222 g/mol. The van der Waals surface area contributed by atoms with Crippen molar-refractivity contribution in [2.75, 3.05) is 5.32 Å². The Morgan fingerprint density at radius 2 is 2.19 bits per heavy atom. The molecule has 4 heteroatoms. The second kappa shape index (κ2) is 5.63. The molecule has 88 valence electrons. The average Bonchev–Trinajstić information content (AvgIpc) is 2.28. The van der Waals surface area contributed by atoms with E-state index in [2.05, 4.69) is 5.32 Å². The van der Waals surface area contributed by atoms with Gasteiger partial charge >= 0.3 is 0 Å². The van der Waals surface area contributed by atoms with Gasteiger partial charge in [0.05, 0.1) is 12.6 Å². The van der Waals surface area contributed by atoms with E-state index in [-0.39, 0.29) is 18.4 Å². The highest BCUT2D eigenvalue weighted by Crippen LogP contribution is 2.11. The van der Waals surface area contributed by atoms with Gasteiger partial charge in [-0.1, -0.05) is 26.0 Å². The predicted octanol–water partition coefficient (Wildman–Crippen LogP) is 1.10. The molecule has 4 N–H and O–H groups in total. The zero-order chi connectivity index (χ0) is 12.1. The van der Waals surface area contributed by atoms with Crippen LogP contribution in [0.15, 0.2) is 24.3 Å². The van der Waals surface area contributed by atoms with Crippen molar-refractivity contribution in [3.05, 3.63) is 29.8 Å². The van der Waals surface area contributed by atoms with Crippen LogP contribution in [0.5, 0.6) is 0 Å². The highest BCUT2D eigenvalue weighted by atomic mass is 16.3. The van der Waals surface area contributed by atoms with Crippen molar-refractivity contribution in [3.8, 4) is 0 Å². The molecule has 1 aromatic rings. The Hall–Kier alpha value is -1.39. The van der Waals surface area contributed by atoms with Gasteiger partial charge in [-0.15, -0.1) is 0 Å². The lowest BCUT2D eigenvalue weighted by Crippen LogP contribution is -2.39. The number of benzene rings is 1. The number of aliphatic hydroxyl groups excluding tert-OH is 1. The summed E-state index contributed by atoms with van der Waals surface area (Å²) in [5.41, 5.74) is 7.14. The molecule has 0 aliphatic carbocycles. The molecule has 1 aromatic carbocycles. The highest BCUT2D eigenvalue weighted by molar-refractivity contribution is 5.94. The molecular formula is C12H18N2O2. The van der Waals surface area contributed by atoms with Gasteiger partial charge in [0, 0.05) is 5.69 Å². The van der Waals surface area contributed by atoms with E-state index in [1.807, 2.05) is 13.8 Å². The van der Waals surface area contributed by atoms with Crippen LogP contribution in [0.1, 0.15) is 19.4 Å². The number of nitrogens with one attached hydrogen (secondary N) is 1. The molecule has 0 saturated carbocycles. The third-order valence-electron chi connectivity index (χ3n) is 2.40. The van der Waals surface area contributed by atoms with Gasteiger partial charge in [0.2, 0.25) is 5.91 Å². The molecule has 1 amide bonds. The van der Waals surface area contributed by atoms with E-state index < -0.39 is 6.04 Å². The number of amides is 1. The van der Waals surface area contributed by atoms with Crippen molar-refractivity contribution in [2.45, 2.75) is 26.5 Å². The van der Waals surface area contributed by atoms with Crippen molar-refractivity contribution in [1.29, 1.82) is 0 Å². The molecule has 0 saturated heterocycles. The lowest BCUT2D eigenvalue weighted by molar-refractivity contribution is -0.118. The quantitative estimate of drug-likeness (QED) is 0.714. The summed E-state index contributed by atoms with van der Waals surface area (Å²) in [6.45, 7) is 3.75. The molecule has 0 radical (unpaired) electrons. The number of hydrogen-bond acceptors (Lipinski definition) is 3.